The molecule has 0 aromatic heterocycles. The number of hydrogen-bond donors (Lipinski definition) is 1. The van der Waals surface area contributed by atoms with E-state index in [9.17, 15) is 5.11 Å². The van der Waals surface area contributed by atoms with Gasteiger partial charge in [0.05, 0.1) is 19.3 Å². The largest absolute Gasteiger partial charge is 0.393 e. The molecule has 0 unspecified atom stereocenters. The van der Waals surface area contributed by atoms with E-state index < -0.39 is 0 Å². The molecule has 1 saturated heterocycles. The van der Waals surface area contributed by atoms with E-state index >= 15 is 0 Å². The van der Waals surface area contributed by atoms with Crippen molar-refractivity contribution < 1.29 is 14.6 Å². The van der Waals surface area contributed by atoms with Crippen LogP contribution in [0.25, 0.3) is 0 Å². The zero-order valence-electron chi connectivity index (χ0n) is 10.1. The lowest BCUT2D eigenvalue weighted by Crippen LogP contribution is -2.57. The highest BCUT2D eigenvalue weighted by Crippen LogP contribution is 2.58. The molecule has 1 spiro atoms. The zero-order valence-corrected chi connectivity index (χ0v) is 10.1. The molecule has 1 N–H and O–H groups in total. The molecule has 0 bridgehead atoms. The van der Waals surface area contributed by atoms with Crippen molar-refractivity contribution in [3.05, 3.63) is 0 Å². The normalized spacial score (nSPS) is 46.9. The second-order valence-corrected chi connectivity index (χ2v) is 5.88. The minimum absolute atomic E-state index is 0.102. The summed E-state index contributed by atoms with van der Waals surface area (Å²) in [6.45, 7) is 3.80. The summed E-state index contributed by atoms with van der Waals surface area (Å²) in [5.74, 6) is 0.249. The summed E-state index contributed by atoms with van der Waals surface area (Å²) < 4.78 is 12.0. The highest BCUT2D eigenvalue weighted by atomic mass is 16.7. The van der Waals surface area contributed by atoms with Gasteiger partial charge in [-0.3, -0.25) is 0 Å². The maximum atomic E-state index is 9.81. The Labute approximate surface area is 97.1 Å². The van der Waals surface area contributed by atoms with Gasteiger partial charge in [0.15, 0.2) is 5.79 Å². The quantitative estimate of drug-likeness (QED) is 0.687. The van der Waals surface area contributed by atoms with Gasteiger partial charge in [-0.05, 0) is 38.0 Å². The Morgan fingerprint density at radius 1 is 1.12 bits per heavy atom. The van der Waals surface area contributed by atoms with E-state index in [-0.39, 0.29) is 17.3 Å². The van der Waals surface area contributed by atoms with E-state index in [4.69, 9.17) is 9.47 Å². The number of aliphatic hydroxyl groups is 1. The van der Waals surface area contributed by atoms with Gasteiger partial charge >= 0.3 is 0 Å². The minimum atomic E-state index is -0.323. The van der Waals surface area contributed by atoms with E-state index in [2.05, 4.69) is 6.92 Å². The van der Waals surface area contributed by atoms with Crippen molar-refractivity contribution in [3.8, 4) is 0 Å². The van der Waals surface area contributed by atoms with Crippen molar-refractivity contribution in [2.24, 2.45) is 11.3 Å². The molecular formula is C13H22O3. The topological polar surface area (TPSA) is 38.7 Å². The molecule has 3 nitrogen and oxygen atoms in total. The molecule has 3 fully saturated rings. The van der Waals surface area contributed by atoms with Crippen LogP contribution in [0.1, 0.15) is 45.4 Å². The van der Waals surface area contributed by atoms with Crippen LogP contribution in [0.4, 0.5) is 0 Å². The lowest BCUT2D eigenvalue weighted by atomic mass is 9.57. The second-order valence-electron chi connectivity index (χ2n) is 5.88. The molecule has 3 aliphatic rings. The van der Waals surface area contributed by atoms with E-state index in [1.54, 1.807) is 0 Å². The SMILES string of the molecule is C[C@@]12CC[C@@H](O)C[C@H]1CCCC21OCCO1. The van der Waals surface area contributed by atoms with Gasteiger partial charge in [0.25, 0.3) is 0 Å². The molecule has 2 saturated carbocycles. The summed E-state index contributed by atoms with van der Waals surface area (Å²) in [6.07, 6.45) is 6.21. The Balaban J connectivity index is 1.90. The third-order valence-electron chi connectivity index (χ3n) is 5.14. The molecule has 3 rings (SSSR count). The van der Waals surface area contributed by atoms with E-state index in [0.29, 0.717) is 5.92 Å². The standard InChI is InChI=1S/C13H22O3/c1-12-6-4-11(14)9-10(12)3-2-5-13(12)15-7-8-16-13/h10-11,14H,2-9H2,1H3/t10-,11-,12-/m1/s1. The number of ether oxygens (including phenoxy) is 2. The van der Waals surface area contributed by atoms with Crippen LogP contribution in [-0.4, -0.2) is 30.2 Å². The van der Waals surface area contributed by atoms with Gasteiger partial charge in [-0.15, -0.1) is 0 Å². The predicted octanol–water partition coefficient (Wildman–Crippen LogP) is 2.08. The van der Waals surface area contributed by atoms with Gasteiger partial charge in [-0.25, -0.2) is 0 Å². The number of aliphatic hydroxyl groups excluding tert-OH is 1. The average Bonchev–Trinajstić information content (AvgIpc) is 2.72. The van der Waals surface area contributed by atoms with Gasteiger partial charge in [-0.2, -0.15) is 0 Å². The number of rotatable bonds is 0. The van der Waals surface area contributed by atoms with Crippen LogP contribution < -0.4 is 0 Å². The highest BCUT2D eigenvalue weighted by molar-refractivity contribution is 5.03. The summed E-state index contributed by atoms with van der Waals surface area (Å²) in [4.78, 5) is 0. The molecule has 1 heterocycles. The van der Waals surface area contributed by atoms with Gasteiger partial charge in [-0.1, -0.05) is 6.92 Å². The molecule has 3 heteroatoms. The van der Waals surface area contributed by atoms with Crippen LogP contribution in [0.15, 0.2) is 0 Å². The molecule has 16 heavy (non-hydrogen) atoms. The first-order valence-electron chi connectivity index (χ1n) is 6.62. The monoisotopic (exact) mass is 226 g/mol. The lowest BCUT2D eigenvalue weighted by molar-refractivity contribution is -0.280. The summed E-state index contributed by atoms with van der Waals surface area (Å²) >= 11 is 0. The molecule has 92 valence electrons. The van der Waals surface area contributed by atoms with Crippen molar-refractivity contribution in [3.63, 3.8) is 0 Å². The van der Waals surface area contributed by atoms with Crippen LogP contribution in [0.3, 0.4) is 0 Å². The van der Waals surface area contributed by atoms with E-state index in [1.165, 1.54) is 12.8 Å². The van der Waals surface area contributed by atoms with Crippen LogP contribution in [-0.2, 0) is 9.47 Å². The van der Waals surface area contributed by atoms with Crippen LogP contribution in [0.5, 0.6) is 0 Å². The fourth-order valence-corrected chi connectivity index (χ4v) is 4.11. The Morgan fingerprint density at radius 3 is 2.62 bits per heavy atom. The van der Waals surface area contributed by atoms with Crippen molar-refractivity contribution >= 4 is 0 Å². The fraction of sp³-hybridized carbons (Fsp3) is 1.00. The van der Waals surface area contributed by atoms with Crippen LogP contribution in [0, 0.1) is 11.3 Å². The summed E-state index contributed by atoms with van der Waals surface area (Å²) in [6, 6.07) is 0. The number of hydrogen-bond acceptors (Lipinski definition) is 3. The van der Waals surface area contributed by atoms with E-state index in [0.717, 1.165) is 38.9 Å². The molecule has 0 radical (unpaired) electrons. The summed E-state index contributed by atoms with van der Waals surface area (Å²) in [5, 5.41) is 9.81. The van der Waals surface area contributed by atoms with Gasteiger partial charge < -0.3 is 14.6 Å². The second kappa shape index (κ2) is 3.69. The van der Waals surface area contributed by atoms with Crippen molar-refractivity contribution in [1.29, 1.82) is 0 Å². The third kappa shape index (κ3) is 1.38. The molecular weight excluding hydrogens is 204 g/mol. The lowest BCUT2D eigenvalue weighted by Gasteiger charge is -2.55. The number of fused-ring (bicyclic) bond motifs is 2. The maximum Gasteiger partial charge on any atom is 0.174 e. The Hall–Kier alpha value is -0.120. The Kier molecular flexibility index (Phi) is 2.54. The Bertz CT molecular complexity index is 272. The van der Waals surface area contributed by atoms with Crippen molar-refractivity contribution in [1.82, 2.24) is 0 Å². The predicted molar refractivity (Wildman–Crippen MR) is 59.9 cm³/mol. The maximum absolute atomic E-state index is 9.81. The molecule has 0 amide bonds. The van der Waals surface area contributed by atoms with Crippen molar-refractivity contribution in [2.45, 2.75) is 57.3 Å². The zero-order chi connectivity index (χ0) is 11.2. The third-order valence-corrected chi connectivity index (χ3v) is 5.14. The molecule has 1 aliphatic heterocycles. The van der Waals surface area contributed by atoms with Crippen LogP contribution in [0.2, 0.25) is 0 Å². The highest BCUT2D eigenvalue weighted by Gasteiger charge is 2.59. The average molecular weight is 226 g/mol. The molecule has 3 atom stereocenters. The molecule has 0 aromatic rings. The first-order chi connectivity index (χ1) is 7.66. The smallest absolute Gasteiger partial charge is 0.174 e. The molecule has 0 aromatic carbocycles. The fourth-order valence-electron chi connectivity index (χ4n) is 4.11. The first kappa shape index (κ1) is 11.0. The molecule has 2 aliphatic carbocycles. The Morgan fingerprint density at radius 2 is 1.88 bits per heavy atom. The summed E-state index contributed by atoms with van der Waals surface area (Å²) in [5.41, 5.74) is 0.126. The van der Waals surface area contributed by atoms with Crippen molar-refractivity contribution in [2.75, 3.05) is 13.2 Å². The first-order valence-corrected chi connectivity index (χ1v) is 6.62. The van der Waals surface area contributed by atoms with E-state index in [1.807, 2.05) is 0 Å². The minimum Gasteiger partial charge on any atom is -0.393 e. The van der Waals surface area contributed by atoms with Gasteiger partial charge in [0.1, 0.15) is 0 Å². The summed E-state index contributed by atoms with van der Waals surface area (Å²) in [7, 11) is 0. The van der Waals surface area contributed by atoms with Gasteiger partial charge in [0, 0.05) is 11.8 Å². The van der Waals surface area contributed by atoms with Gasteiger partial charge in [0.2, 0.25) is 0 Å². The van der Waals surface area contributed by atoms with Crippen LogP contribution >= 0.6 is 0 Å².